The Morgan fingerprint density at radius 1 is 1.27 bits per heavy atom. The lowest BCUT2D eigenvalue weighted by Gasteiger charge is -2.14. The number of carbonyl (C=O) groups excluding carboxylic acids is 2. The van der Waals surface area contributed by atoms with Crippen molar-refractivity contribution in [3.8, 4) is 0 Å². The van der Waals surface area contributed by atoms with Crippen molar-refractivity contribution in [2.24, 2.45) is 5.92 Å². The Kier molecular flexibility index (Phi) is 3.83. The fourth-order valence-corrected chi connectivity index (χ4v) is 1.42. The smallest absolute Gasteiger partial charge is 0.220 e. The van der Waals surface area contributed by atoms with Gasteiger partial charge in [-0.05, 0) is 18.4 Å². The van der Waals surface area contributed by atoms with Crippen LogP contribution in [0.3, 0.4) is 0 Å². The molecule has 0 fully saturated rings. The molecule has 1 unspecified atom stereocenters. The molecule has 0 bridgehead atoms. The molecule has 0 saturated heterocycles. The molecule has 82 valence electrons. The molecule has 0 radical (unpaired) electrons. The second kappa shape index (κ2) is 4.91. The summed E-state index contributed by atoms with van der Waals surface area (Å²) in [4.78, 5) is 23.0. The Balaban J connectivity index is 2.78. The van der Waals surface area contributed by atoms with E-state index in [9.17, 15) is 9.59 Å². The van der Waals surface area contributed by atoms with E-state index in [1.54, 1.807) is 0 Å². The summed E-state index contributed by atoms with van der Waals surface area (Å²) in [5.41, 5.74) is 0.593. The van der Waals surface area contributed by atoms with E-state index in [0.717, 1.165) is 6.42 Å². The molecule has 0 heterocycles. The highest BCUT2D eigenvalue weighted by Crippen LogP contribution is 2.20. The maximum atomic E-state index is 11.6. The molecule has 1 aliphatic rings. The zero-order valence-electron chi connectivity index (χ0n) is 9.37. The van der Waals surface area contributed by atoms with Gasteiger partial charge in [0.1, 0.15) is 0 Å². The Bertz CT molecular complexity index is 337. The molecule has 0 aliphatic heterocycles. The number of ketones is 2. The highest BCUT2D eigenvalue weighted by Gasteiger charge is 2.21. The summed E-state index contributed by atoms with van der Waals surface area (Å²) < 4.78 is 4.80. The second-order valence-electron chi connectivity index (χ2n) is 3.83. The third kappa shape index (κ3) is 2.78. The maximum absolute atomic E-state index is 11.6. The Morgan fingerprint density at radius 2 is 1.93 bits per heavy atom. The summed E-state index contributed by atoms with van der Waals surface area (Å²) in [5, 5.41) is 0. The van der Waals surface area contributed by atoms with Crippen LogP contribution in [0.1, 0.15) is 26.7 Å². The molecule has 0 N–H and O–H groups in total. The van der Waals surface area contributed by atoms with E-state index in [-0.39, 0.29) is 17.3 Å². The predicted molar refractivity (Wildman–Crippen MR) is 57.3 cm³/mol. The Labute approximate surface area is 89.8 Å². The first-order valence-corrected chi connectivity index (χ1v) is 5.13. The zero-order chi connectivity index (χ0) is 11.4. The van der Waals surface area contributed by atoms with Crippen molar-refractivity contribution in [1.29, 1.82) is 0 Å². The van der Waals surface area contributed by atoms with E-state index in [2.05, 4.69) is 13.8 Å². The van der Waals surface area contributed by atoms with Gasteiger partial charge in [-0.15, -0.1) is 0 Å². The molecule has 0 amide bonds. The lowest BCUT2D eigenvalue weighted by molar-refractivity contribution is -0.117. The lowest BCUT2D eigenvalue weighted by atomic mass is 9.92. The largest absolute Gasteiger partial charge is 0.493 e. The normalized spacial score (nSPS) is 18.3. The van der Waals surface area contributed by atoms with Gasteiger partial charge >= 0.3 is 0 Å². The number of methoxy groups -OCH3 is 1. The van der Waals surface area contributed by atoms with Gasteiger partial charge in [0.05, 0.1) is 7.11 Å². The molecule has 3 heteroatoms. The van der Waals surface area contributed by atoms with Gasteiger partial charge in [0.25, 0.3) is 0 Å². The summed E-state index contributed by atoms with van der Waals surface area (Å²) in [5.74, 6) is 0.237. The van der Waals surface area contributed by atoms with Gasteiger partial charge in [0.2, 0.25) is 5.78 Å². The van der Waals surface area contributed by atoms with Crippen LogP contribution in [0.25, 0.3) is 0 Å². The second-order valence-corrected chi connectivity index (χ2v) is 3.83. The minimum absolute atomic E-state index is 0.105. The lowest BCUT2D eigenvalue weighted by Crippen LogP contribution is -2.15. The standard InChI is InChI=1S/C12H16O3/c1-4-8(2)5-9-6-11(14)12(15-3)7-10(9)13/h6-8H,4-5H2,1-3H3. The van der Waals surface area contributed by atoms with E-state index < -0.39 is 0 Å². The Morgan fingerprint density at radius 3 is 2.47 bits per heavy atom. The van der Waals surface area contributed by atoms with Gasteiger partial charge in [-0.2, -0.15) is 0 Å². The summed E-state index contributed by atoms with van der Waals surface area (Å²) in [6.07, 6.45) is 4.33. The van der Waals surface area contributed by atoms with Crippen molar-refractivity contribution < 1.29 is 14.3 Å². The van der Waals surface area contributed by atoms with Gasteiger partial charge < -0.3 is 4.74 Å². The van der Waals surface area contributed by atoms with Crippen molar-refractivity contribution in [2.45, 2.75) is 26.7 Å². The average Bonchev–Trinajstić information content (AvgIpc) is 2.22. The predicted octanol–water partition coefficient (Wildman–Crippen LogP) is 2.03. The fourth-order valence-electron chi connectivity index (χ4n) is 1.42. The highest BCUT2D eigenvalue weighted by molar-refractivity contribution is 6.19. The van der Waals surface area contributed by atoms with E-state index in [1.165, 1.54) is 19.3 Å². The number of hydrogen-bond acceptors (Lipinski definition) is 3. The first-order chi connectivity index (χ1) is 7.08. The molecule has 0 aromatic rings. The highest BCUT2D eigenvalue weighted by atomic mass is 16.5. The number of hydrogen-bond donors (Lipinski definition) is 0. The van der Waals surface area contributed by atoms with Gasteiger partial charge in [0, 0.05) is 11.6 Å². The zero-order valence-corrected chi connectivity index (χ0v) is 9.37. The molecular weight excluding hydrogens is 192 g/mol. The molecule has 0 saturated carbocycles. The number of allylic oxidation sites excluding steroid dienone is 3. The molecule has 3 nitrogen and oxygen atoms in total. The Hall–Kier alpha value is -1.38. The van der Waals surface area contributed by atoms with Crippen LogP contribution in [0.5, 0.6) is 0 Å². The minimum atomic E-state index is -0.213. The number of ether oxygens (including phenoxy) is 1. The van der Waals surface area contributed by atoms with E-state index in [4.69, 9.17) is 4.74 Å². The number of carbonyl (C=O) groups is 2. The fraction of sp³-hybridized carbons (Fsp3) is 0.500. The van der Waals surface area contributed by atoms with Crippen molar-refractivity contribution in [2.75, 3.05) is 7.11 Å². The molecule has 1 rings (SSSR count). The molecule has 1 aliphatic carbocycles. The topological polar surface area (TPSA) is 43.4 Å². The van der Waals surface area contributed by atoms with Crippen molar-refractivity contribution in [3.05, 3.63) is 23.5 Å². The molecular formula is C12H16O3. The van der Waals surface area contributed by atoms with Gasteiger partial charge in [-0.1, -0.05) is 20.3 Å². The summed E-state index contributed by atoms with van der Waals surface area (Å²) in [6, 6.07) is 0. The number of rotatable bonds is 4. The molecule has 1 atom stereocenters. The van der Waals surface area contributed by atoms with Crippen LogP contribution in [-0.2, 0) is 14.3 Å². The van der Waals surface area contributed by atoms with E-state index >= 15 is 0 Å². The first-order valence-electron chi connectivity index (χ1n) is 5.13. The van der Waals surface area contributed by atoms with Gasteiger partial charge in [-0.25, -0.2) is 0 Å². The summed E-state index contributed by atoms with van der Waals surface area (Å²) in [7, 11) is 1.39. The van der Waals surface area contributed by atoms with Gasteiger partial charge in [-0.3, -0.25) is 9.59 Å². The SMILES string of the molecule is CCC(C)CC1=CC(=O)C(OC)=CC1=O. The summed E-state index contributed by atoms with van der Waals surface area (Å²) >= 11 is 0. The third-order valence-electron chi connectivity index (χ3n) is 2.61. The van der Waals surface area contributed by atoms with Crippen LogP contribution in [0.15, 0.2) is 23.5 Å². The molecule has 0 aromatic heterocycles. The van der Waals surface area contributed by atoms with Crippen LogP contribution >= 0.6 is 0 Å². The van der Waals surface area contributed by atoms with Crippen LogP contribution < -0.4 is 0 Å². The van der Waals surface area contributed by atoms with Crippen LogP contribution in [0, 0.1) is 5.92 Å². The van der Waals surface area contributed by atoms with Crippen LogP contribution in [0.2, 0.25) is 0 Å². The van der Waals surface area contributed by atoms with Gasteiger partial charge in [0.15, 0.2) is 11.5 Å². The van der Waals surface area contributed by atoms with Crippen molar-refractivity contribution >= 4 is 11.6 Å². The third-order valence-corrected chi connectivity index (χ3v) is 2.61. The molecule has 0 spiro atoms. The van der Waals surface area contributed by atoms with Crippen LogP contribution in [-0.4, -0.2) is 18.7 Å². The first kappa shape index (κ1) is 11.7. The maximum Gasteiger partial charge on any atom is 0.220 e. The molecule has 0 aromatic carbocycles. The summed E-state index contributed by atoms with van der Waals surface area (Å²) in [6.45, 7) is 4.13. The van der Waals surface area contributed by atoms with Crippen molar-refractivity contribution in [1.82, 2.24) is 0 Å². The molecule has 15 heavy (non-hydrogen) atoms. The average molecular weight is 208 g/mol. The monoisotopic (exact) mass is 208 g/mol. The van der Waals surface area contributed by atoms with Crippen molar-refractivity contribution in [3.63, 3.8) is 0 Å². The van der Waals surface area contributed by atoms with Crippen LogP contribution in [0.4, 0.5) is 0 Å². The minimum Gasteiger partial charge on any atom is -0.493 e. The van der Waals surface area contributed by atoms with E-state index in [0.29, 0.717) is 17.9 Å². The van der Waals surface area contributed by atoms with E-state index in [1.807, 2.05) is 0 Å². The quantitative estimate of drug-likeness (QED) is 0.664.